The van der Waals surface area contributed by atoms with Gasteiger partial charge in [0, 0.05) is 11.8 Å². The fourth-order valence-electron chi connectivity index (χ4n) is 22.3. The summed E-state index contributed by atoms with van der Waals surface area (Å²) in [5.41, 5.74) is 0. The van der Waals surface area contributed by atoms with E-state index in [-0.39, 0.29) is 202 Å². The summed E-state index contributed by atoms with van der Waals surface area (Å²) >= 11 is 0. The highest BCUT2D eigenvalue weighted by molar-refractivity contribution is 6.04. The van der Waals surface area contributed by atoms with Crippen molar-refractivity contribution >= 4 is 107 Å². The highest BCUT2D eigenvalue weighted by atomic mass is 16.6. The first-order valence-corrected chi connectivity index (χ1v) is 39.0. The smallest absolute Gasteiger partial charge is 0.320 e. The number of hydrogen-bond donors (Lipinski definition) is 3. The van der Waals surface area contributed by atoms with E-state index in [9.17, 15) is 86.3 Å². The molecule has 7 saturated carbocycles. The lowest BCUT2D eigenvalue weighted by atomic mass is 9.54. The zero-order valence-corrected chi connectivity index (χ0v) is 63.4. The van der Waals surface area contributed by atoms with Crippen LogP contribution in [0.3, 0.4) is 0 Å². The molecule has 0 aromatic carbocycles. The van der Waals surface area contributed by atoms with Gasteiger partial charge in [-0.1, -0.05) is 97.2 Å². The number of methoxy groups -OCH3 is 3. The molecule has 32 unspecified atom stereocenters. The van der Waals surface area contributed by atoms with Crippen LogP contribution in [0, 0.1) is 189 Å². The Hall–Kier alpha value is -10.7. The summed E-state index contributed by atoms with van der Waals surface area (Å²) in [4.78, 5) is 205. The van der Waals surface area contributed by atoms with Gasteiger partial charge in [-0.15, -0.1) is 0 Å². The fourth-order valence-corrected chi connectivity index (χ4v) is 22.3. The molecule has 22 aliphatic rings. The summed E-state index contributed by atoms with van der Waals surface area (Å²) in [5, 5.41) is 26.7. The molecule has 7 aliphatic heterocycles. The Morgan fingerprint density at radius 2 is 0.461 bits per heavy atom. The Balaban J connectivity index is 0.000000109. The number of cyclic esters (lactones) is 10. The zero-order chi connectivity index (χ0) is 82.5. The molecule has 0 spiro atoms. The van der Waals surface area contributed by atoms with Crippen LogP contribution in [0.15, 0.2) is 97.2 Å². The van der Waals surface area contributed by atoms with Crippen molar-refractivity contribution < 1.29 is 154 Å². The zero-order valence-electron chi connectivity index (χ0n) is 63.4. The second kappa shape index (κ2) is 31.9. The minimum absolute atomic E-state index is 0.0154. The number of rotatable bonds is 10. The molecule has 6 saturated heterocycles. The van der Waals surface area contributed by atoms with Gasteiger partial charge in [-0.3, -0.25) is 86.3 Å². The summed E-state index contributed by atoms with van der Waals surface area (Å²) in [6, 6.07) is 0. The van der Waals surface area contributed by atoms with Crippen molar-refractivity contribution in [2.24, 2.45) is 189 Å². The second-order valence-corrected chi connectivity index (χ2v) is 33.4. The Kier molecular flexibility index (Phi) is 22.4. The van der Waals surface area contributed by atoms with Crippen LogP contribution in [0.4, 0.5) is 0 Å². The van der Waals surface area contributed by atoms with E-state index in [1.54, 1.807) is 12.2 Å². The third-order valence-corrected chi connectivity index (χ3v) is 26.9. The van der Waals surface area contributed by atoms with Crippen LogP contribution in [0.5, 0.6) is 0 Å². The van der Waals surface area contributed by atoms with E-state index in [2.05, 4.69) is 28.4 Å². The lowest BCUT2D eigenvalue weighted by Gasteiger charge is -2.42. The first kappa shape index (κ1) is 80.9. The third kappa shape index (κ3) is 14.4. The van der Waals surface area contributed by atoms with Gasteiger partial charge in [0.15, 0.2) is 0 Å². The highest BCUT2D eigenvalue weighted by Crippen LogP contribution is 2.59. The molecule has 22 rings (SSSR count). The molecule has 13 fully saturated rings. The van der Waals surface area contributed by atoms with Crippen LogP contribution in [0.2, 0.25) is 0 Å². The summed E-state index contributed by atoms with van der Waals surface area (Å²) < 4.78 is 53.0. The van der Waals surface area contributed by atoms with E-state index in [0.29, 0.717) is 6.42 Å². The lowest BCUT2D eigenvalue weighted by molar-refractivity contribution is -0.165. The number of hydrogen-bond acceptors (Lipinski definition) is 29. The van der Waals surface area contributed by atoms with Crippen LogP contribution in [-0.2, 0) is 138 Å². The number of fused-ring (bicyclic) bond motifs is 23. The largest absolute Gasteiger partial charge is 0.481 e. The molecule has 0 amide bonds. The van der Waals surface area contributed by atoms with Gasteiger partial charge >= 0.3 is 107 Å². The van der Waals surface area contributed by atoms with Crippen molar-refractivity contribution in [2.45, 2.75) is 90.6 Å². The monoisotopic (exact) mass is 1600 g/mol. The van der Waals surface area contributed by atoms with Crippen molar-refractivity contribution in [3.63, 3.8) is 0 Å². The second-order valence-electron chi connectivity index (χ2n) is 33.4. The molecule has 32 atom stereocenters. The van der Waals surface area contributed by atoms with Crippen LogP contribution in [-0.4, -0.2) is 169 Å². The van der Waals surface area contributed by atoms with Gasteiger partial charge in [0.2, 0.25) is 0 Å². The van der Waals surface area contributed by atoms with Gasteiger partial charge in [-0.25, -0.2) is 0 Å². The predicted molar refractivity (Wildman–Crippen MR) is 378 cm³/mol. The van der Waals surface area contributed by atoms with Gasteiger partial charge in [-0.05, 0) is 137 Å². The van der Waals surface area contributed by atoms with Crippen molar-refractivity contribution in [1.29, 1.82) is 0 Å². The number of ether oxygens (including phenoxy) is 11. The molecule has 16 bridgehead atoms. The van der Waals surface area contributed by atoms with Gasteiger partial charge in [0.05, 0.1) is 140 Å². The Morgan fingerprint density at radius 3 is 0.696 bits per heavy atom. The van der Waals surface area contributed by atoms with E-state index in [4.69, 9.17) is 39.0 Å². The maximum Gasteiger partial charge on any atom is 0.320 e. The SMILES string of the molecule is CC(C)OC(=O)C1C2C=CC(C2)C1C(=O)OC(C)C.COC(=O)C1C2C=CC(C2)C1C(=O)O.COC(=O)C1C2C=CC(C2)C1C(=O)OC.O=C(O)C1C2C=CC(C2)C1C(=O)O.O=C1OC(=O)C2C3C=CC(C12)C1C(=O)OC(=O)C31.O=C1OC(=O)C2C3C=CC(C3)C12.O=C1OC(=O)C2C3C=CC(C3)C12.O=C1OC(=O)C2C3C=CC(O3)C12. The minimum Gasteiger partial charge on any atom is -0.481 e. The molecule has 0 aromatic rings. The molecular weight excluding hydrogens is 1510 g/mol. The summed E-state index contributed by atoms with van der Waals surface area (Å²) in [5.74, 6) is -15.9. The third-order valence-electron chi connectivity index (χ3n) is 26.9. The maximum absolute atomic E-state index is 12.2. The first-order valence-electron chi connectivity index (χ1n) is 39.0. The number of carboxylic acids is 3. The molecular formula is C83H88O32. The Morgan fingerprint density at radius 1 is 0.270 bits per heavy atom. The molecule has 7 heterocycles. The predicted octanol–water partition coefficient (Wildman–Crippen LogP) is 4.46. The van der Waals surface area contributed by atoms with E-state index in [1.165, 1.54) is 21.3 Å². The first-order chi connectivity index (χ1) is 54.7. The molecule has 15 aliphatic carbocycles. The molecule has 32 nitrogen and oxygen atoms in total. The summed E-state index contributed by atoms with van der Waals surface area (Å²) in [6.07, 6.45) is 35.3. The number of esters is 15. The number of aliphatic carboxylic acids is 3. The Bertz CT molecular complexity index is 4000. The fraction of sp³-hybridized carbons (Fsp3) is 0.590. The average Bonchev–Trinajstić information content (AvgIpc) is 1.57. The van der Waals surface area contributed by atoms with Crippen LogP contribution in [0.1, 0.15) is 66.2 Å². The number of carboxylic acid groups (broad SMARTS) is 3. The van der Waals surface area contributed by atoms with Gasteiger partial charge in [-0.2, -0.15) is 0 Å². The van der Waals surface area contributed by atoms with Crippen molar-refractivity contribution in [1.82, 2.24) is 0 Å². The number of allylic oxidation sites excluding steroid dienone is 14. The van der Waals surface area contributed by atoms with Gasteiger partial charge < -0.3 is 67.4 Å². The van der Waals surface area contributed by atoms with Crippen LogP contribution < -0.4 is 0 Å². The van der Waals surface area contributed by atoms with Crippen molar-refractivity contribution in [2.75, 3.05) is 21.3 Å². The normalized spacial score (nSPS) is 42.1. The van der Waals surface area contributed by atoms with Crippen molar-refractivity contribution in [3.8, 4) is 0 Å². The molecule has 0 radical (unpaired) electrons. The highest BCUT2D eigenvalue weighted by Gasteiger charge is 2.69. The van der Waals surface area contributed by atoms with E-state index >= 15 is 0 Å². The number of carbonyl (C=O) groups is 18. The van der Waals surface area contributed by atoms with E-state index in [0.717, 1.165) is 32.1 Å². The van der Waals surface area contributed by atoms with E-state index in [1.807, 2.05) is 113 Å². The molecule has 115 heavy (non-hydrogen) atoms. The summed E-state index contributed by atoms with van der Waals surface area (Å²) in [6.45, 7) is 7.29. The van der Waals surface area contributed by atoms with E-state index < -0.39 is 119 Å². The minimum atomic E-state index is -0.982. The van der Waals surface area contributed by atoms with Gasteiger partial charge in [0.25, 0.3) is 0 Å². The molecule has 32 heteroatoms. The summed E-state index contributed by atoms with van der Waals surface area (Å²) in [7, 11) is 4.01. The Labute approximate surface area is 657 Å². The molecule has 3 N–H and O–H groups in total. The topological polar surface area (TPSA) is 469 Å². The number of carbonyl (C=O) groups excluding carboxylic acids is 15. The van der Waals surface area contributed by atoms with Gasteiger partial charge in [0.1, 0.15) is 11.8 Å². The standard InChI is InChI=1S/C15H22O4.C12H8O6.C11H14O4.C10H12O4.C9H10O4.2C9H8O3.C8H6O4/c1-8(2)18-14(16)12-10-5-6-11(7-10)13(12)15(17)19-9(3)4;13-9-5-3-1-2-4(7(5)11(15)17-9)8-6(3)10(14)18-12(8)16;1-14-10(12)8-6-3-4-7(5-6)9(8)11(13)15-2;1-14-10(13)8-6-3-2-5(4-6)7(8)9(11)12;10-8(11)6-4-1-2-5(3-4)7(6)9(12)13;2*10-8-6-4-1-2-5(3-4)7(6)9(11)12-8;9-7-5-3-1-2-4(11-3)6(5)8(10)12-7/h5-6,8-13H,7H2,1-4H3;1-8H;3-4,6-9H,5H2,1-2H3;2-3,5-8H,4H2,1H3,(H,11,12);1-2,4-7H,3H2,(H,10,11)(H,12,13);2*1-2,4-7H,3H2;1-6H. The van der Waals surface area contributed by atoms with Crippen molar-refractivity contribution in [3.05, 3.63) is 97.2 Å². The molecule has 0 aromatic heterocycles. The lowest BCUT2D eigenvalue weighted by Crippen LogP contribution is -2.50. The molecule has 612 valence electrons. The quantitative estimate of drug-likeness (QED) is 0.118. The average molecular weight is 1600 g/mol. The van der Waals surface area contributed by atoms with Crippen LogP contribution in [0.25, 0.3) is 0 Å². The maximum atomic E-state index is 12.2. The van der Waals surface area contributed by atoms with Crippen LogP contribution >= 0.6 is 0 Å².